The second-order valence-electron chi connectivity index (χ2n) is 7.55. The normalized spacial score (nSPS) is 16.1. The Morgan fingerprint density at radius 1 is 1.18 bits per heavy atom. The largest absolute Gasteiger partial charge is 0.379 e. The van der Waals surface area contributed by atoms with Crippen molar-refractivity contribution in [3.63, 3.8) is 0 Å². The van der Waals surface area contributed by atoms with E-state index in [1.165, 1.54) is 0 Å². The Hall–Kier alpha value is -2.38. The van der Waals surface area contributed by atoms with Crippen LogP contribution in [0.2, 0.25) is 0 Å². The molecule has 28 heavy (non-hydrogen) atoms. The fourth-order valence-corrected chi connectivity index (χ4v) is 3.56. The zero-order valence-corrected chi connectivity index (χ0v) is 16.8. The number of nitrogens with one attached hydrogen (secondary N) is 2. The number of carbonyl (C=O) groups is 1. The van der Waals surface area contributed by atoms with Gasteiger partial charge in [-0.05, 0) is 23.1 Å². The van der Waals surface area contributed by atoms with Crippen molar-refractivity contribution in [1.82, 2.24) is 25.3 Å². The summed E-state index contributed by atoms with van der Waals surface area (Å²) in [7, 11) is 0. The van der Waals surface area contributed by atoms with Gasteiger partial charge in [-0.2, -0.15) is 5.10 Å². The standard InChI is InChI=1S/C21H31N5O2/c1-17(2)20(25-9-11-28-12-10-25)15-23-21(27)22-14-18-5-3-6-19(13-18)16-26-8-4-7-24-26/h3-8,13,17,20H,9-12,14-16H2,1-2H3,(H2,22,23,27). The summed E-state index contributed by atoms with van der Waals surface area (Å²) in [6.45, 7) is 9.66. The second kappa shape index (κ2) is 10.2. The van der Waals surface area contributed by atoms with Crippen molar-refractivity contribution in [2.75, 3.05) is 32.8 Å². The average molecular weight is 386 g/mol. The van der Waals surface area contributed by atoms with Gasteiger partial charge < -0.3 is 15.4 Å². The van der Waals surface area contributed by atoms with Crippen LogP contribution in [0, 0.1) is 5.92 Å². The molecule has 1 saturated heterocycles. The van der Waals surface area contributed by atoms with Gasteiger partial charge in [0.25, 0.3) is 0 Å². The molecular formula is C21H31N5O2. The monoisotopic (exact) mass is 385 g/mol. The molecule has 1 atom stereocenters. The molecule has 1 unspecified atom stereocenters. The molecule has 2 heterocycles. The summed E-state index contributed by atoms with van der Waals surface area (Å²) < 4.78 is 7.32. The van der Waals surface area contributed by atoms with Gasteiger partial charge in [-0.25, -0.2) is 4.79 Å². The van der Waals surface area contributed by atoms with Gasteiger partial charge in [0.15, 0.2) is 0 Å². The Labute approximate surface area is 167 Å². The van der Waals surface area contributed by atoms with Gasteiger partial charge in [-0.1, -0.05) is 38.1 Å². The van der Waals surface area contributed by atoms with Gasteiger partial charge in [0.2, 0.25) is 0 Å². The fraction of sp³-hybridized carbons (Fsp3) is 0.524. The van der Waals surface area contributed by atoms with Crippen LogP contribution in [0.1, 0.15) is 25.0 Å². The first-order valence-corrected chi connectivity index (χ1v) is 10.0. The predicted octanol–water partition coefficient (Wildman–Crippen LogP) is 2.09. The summed E-state index contributed by atoms with van der Waals surface area (Å²) in [6, 6.07) is 10.3. The molecule has 2 amide bonds. The molecule has 0 spiro atoms. The zero-order chi connectivity index (χ0) is 19.8. The number of hydrogen-bond acceptors (Lipinski definition) is 4. The molecular weight excluding hydrogens is 354 g/mol. The van der Waals surface area contributed by atoms with Crippen molar-refractivity contribution in [2.24, 2.45) is 5.92 Å². The van der Waals surface area contributed by atoms with Crippen LogP contribution in [0.3, 0.4) is 0 Å². The van der Waals surface area contributed by atoms with Crippen LogP contribution >= 0.6 is 0 Å². The summed E-state index contributed by atoms with van der Waals surface area (Å²) in [5.74, 6) is 0.470. The van der Waals surface area contributed by atoms with E-state index in [1.54, 1.807) is 6.20 Å². The van der Waals surface area contributed by atoms with Gasteiger partial charge >= 0.3 is 6.03 Å². The summed E-state index contributed by atoms with van der Waals surface area (Å²) in [5.41, 5.74) is 2.24. The van der Waals surface area contributed by atoms with Gasteiger partial charge in [0.05, 0.1) is 19.8 Å². The highest BCUT2D eigenvalue weighted by Gasteiger charge is 2.24. The number of ether oxygens (including phenoxy) is 1. The summed E-state index contributed by atoms with van der Waals surface area (Å²) >= 11 is 0. The Kier molecular flexibility index (Phi) is 7.45. The van der Waals surface area contributed by atoms with E-state index in [0.29, 0.717) is 25.0 Å². The predicted molar refractivity (Wildman–Crippen MR) is 109 cm³/mol. The van der Waals surface area contributed by atoms with Gasteiger partial charge in [-0.3, -0.25) is 9.58 Å². The van der Waals surface area contributed by atoms with E-state index in [0.717, 1.165) is 44.0 Å². The van der Waals surface area contributed by atoms with Crippen LogP contribution in [-0.2, 0) is 17.8 Å². The molecule has 1 aliphatic heterocycles. The van der Waals surface area contributed by atoms with Gasteiger partial charge in [0.1, 0.15) is 0 Å². The number of carbonyl (C=O) groups excluding carboxylic acids is 1. The molecule has 1 aromatic heterocycles. The van der Waals surface area contributed by atoms with Crippen molar-refractivity contribution in [3.05, 3.63) is 53.9 Å². The number of nitrogens with zero attached hydrogens (tertiary/aromatic N) is 3. The minimum Gasteiger partial charge on any atom is -0.379 e. The molecule has 0 bridgehead atoms. The Morgan fingerprint density at radius 3 is 2.68 bits per heavy atom. The lowest BCUT2D eigenvalue weighted by Crippen LogP contribution is -2.52. The van der Waals surface area contributed by atoms with Crippen LogP contribution in [0.25, 0.3) is 0 Å². The van der Waals surface area contributed by atoms with Crippen molar-refractivity contribution >= 4 is 6.03 Å². The van der Waals surface area contributed by atoms with E-state index in [2.05, 4.69) is 46.6 Å². The molecule has 1 aromatic carbocycles. The fourth-order valence-electron chi connectivity index (χ4n) is 3.56. The minimum absolute atomic E-state index is 0.128. The molecule has 1 aliphatic rings. The first kappa shape index (κ1) is 20.4. The number of urea groups is 1. The molecule has 7 nitrogen and oxygen atoms in total. The van der Waals surface area contributed by atoms with Crippen LogP contribution in [0.15, 0.2) is 42.7 Å². The number of aromatic nitrogens is 2. The van der Waals surface area contributed by atoms with Crippen LogP contribution < -0.4 is 10.6 Å². The third-order valence-corrected chi connectivity index (χ3v) is 5.10. The maximum Gasteiger partial charge on any atom is 0.315 e. The second-order valence-corrected chi connectivity index (χ2v) is 7.55. The number of hydrogen-bond donors (Lipinski definition) is 2. The van der Waals surface area contributed by atoms with Gasteiger partial charge in [-0.15, -0.1) is 0 Å². The highest BCUT2D eigenvalue weighted by atomic mass is 16.5. The molecule has 7 heteroatoms. The third kappa shape index (κ3) is 6.07. The summed E-state index contributed by atoms with van der Waals surface area (Å²) in [6.07, 6.45) is 3.72. The summed E-state index contributed by atoms with van der Waals surface area (Å²) in [5, 5.41) is 10.2. The quantitative estimate of drug-likeness (QED) is 0.730. The highest BCUT2D eigenvalue weighted by molar-refractivity contribution is 5.73. The van der Waals surface area contributed by atoms with E-state index in [-0.39, 0.29) is 6.03 Å². The van der Waals surface area contributed by atoms with E-state index in [4.69, 9.17) is 4.74 Å². The first-order chi connectivity index (χ1) is 13.6. The lowest BCUT2D eigenvalue weighted by Gasteiger charge is -2.36. The molecule has 3 rings (SSSR count). The Bertz CT molecular complexity index is 726. The smallest absolute Gasteiger partial charge is 0.315 e. The Morgan fingerprint density at radius 2 is 1.96 bits per heavy atom. The number of rotatable bonds is 8. The molecule has 1 fully saturated rings. The maximum atomic E-state index is 12.3. The number of amides is 2. The highest BCUT2D eigenvalue weighted by Crippen LogP contribution is 2.12. The molecule has 152 valence electrons. The van der Waals surface area contributed by atoms with Gasteiger partial charge in [0, 0.05) is 44.6 Å². The Balaban J connectivity index is 1.45. The van der Waals surface area contributed by atoms with E-state index in [9.17, 15) is 4.79 Å². The summed E-state index contributed by atoms with van der Waals surface area (Å²) in [4.78, 5) is 14.7. The molecule has 2 N–H and O–H groups in total. The van der Waals surface area contributed by atoms with E-state index < -0.39 is 0 Å². The van der Waals surface area contributed by atoms with Crippen molar-refractivity contribution in [3.8, 4) is 0 Å². The number of benzene rings is 1. The topological polar surface area (TPSA) is 71.4 Å². The van der Waals surface area contributed by atoms with Crippen molar-refractivity contribution < 1.29 is 9.53 Å². The lowest BCUT2D eigenvalue weighted by molar-refractivity contribution is 0.00719. The zero-order valence-electron chi connectivity index (χ0n) is 16.8. The average Bonchev–Trinajstić information content (AvgIpc) is 3.20. The van der Waals surface area contributed by atoms with Crippen molar-refractivity contribution in [1.29, 1.82) is 0 Å². The SMILES string of the molecule is CC(C)C(CNC(=O)NCc1cccc(Cn2cccn2)c1)N1CCOCC1. The lowest BCUT2D eigenvalue weighted by atomic mass is 10.0. The number of morpholine rings is 1. The molecule has 0 saturated carbocycles. The van der Waals surface area contributed by atoms with E-state index >= 15 is 0 Å². The van der Waals surface area contributed by atoms with Crippen LogP contribution in [0.4, 0.5) is 4.79 Å². The molecule has 0 radical (unpaired) electrons. The maximum absolute atomic E-state index is 12.3. The first-order valence-electron chi connectivity index (χ1n) is 10.0. The van der Waals surface area contributed by atoms with E-state index in [1.807, 2.05) is 29.1 Å². The van der Waals surface area contributed by atoms with Crippen molar-refractivity contribution in [2.45, 2.75) is 33.0 Å². The molecule has 2 aromatic rings. The van der Waals surface area contributed by atoms with Crippen LogP contribution in [-0.4, -0.2) is 59.6 Å². The third-order valence-electron chi connectivity index (χ3n) is 5.10. The minimum atomic E-state index is -0.128. The van der Waals surface area contributed by atoms with Crippen LogP contribution in [0.5, 0.6) is 0 Å². The molecule has 0 aliphatic carbocycles.